The molecule has 0 bridgehead atoms. The summed E-state index contributed by atoms with van der Waals surface area (Å²) >= 11 is 0. The molecule has 1 saturated heterocycles. The van der Waals surface area contributed by atoms with Gasteiger partial charge in [0, 0.05) is 25.5 Å². The quantitative estimate of drug-likeness (QED) is 0.792. The number of nitrogens with one attached hydrogen (secondary N) is 1. The van der Waals surface area contributed by atoms with E-state index in [1.807, 2.05) is 0 Å². The van der Waals surface area contributed by atoms with Crippen molar-refractivity contribution in [3.05, 3.63) is 11.7 Å². The van der Waals surface area contributed by atoms with Gasteiger partial charge in [-0.1, -0.05) is 25.9 Å². The Balaban J connectivity index is 1.86. The second kappa shape index (κ2) is 7.74. The second-order valence-corrected chi connectivity index (χ2v) is 6.03. The molecule has 0 aromatic carbocycles. The molecule has 1 aliphatic heterocycles. The highest BCUT2D eigenvalue weighted by molar-refractivity contribution is 4.92. The zero-order valence-electron chi connectivity index (χ0n) is 12.9. The summed E-state index contributed by atoms with van der Waals surface area (Å²) in [5.74, 6) is 2.18. The summed E-state index contributed by atoms with van der Waals surface area (Å²) in [6.07, 6.45) is 5.24. The topological polar surface area (TPSA) is 60.2 Å². The van der Waals surface area contributed by atoms with Crippen molar-refractivity contribution in [2.24, 2.45) is 5.92 Å². The largest absolute Gasteiger partial charge is 0.378 e. The summed E-state index contributed by atoms with van der Waals surface area (Å²) in [5, 5.41) is 7.57. The van der Waals surface area contributed by atoms with Crippen LogP contribution >= 0.6 is 0 Å². The summed E-state index contributed by atoms with van der Waals surface area (Å²) in [5.41, 5.74) is 0. The molecular weight excluding hydrogens is 254 g/mol. The third-order valence-corrected chi connectivity index (χ3v) is 3.61. The minimum absolute atomic E-state index is 0.278. The molecule has 5 heteroatoms. The SMILES string of the molecule is CCNC(Cc1nc(CC2CCCO2)no1)CC(C)C. The van der Waals surface area contributed by atoms with Gasteiger partial charge in [-0.3, -0.25) is 0 Å². The Morgan fingerprint density at radius 1 is 1.40 bits per heavy atom. The highest BCUT2D eigenvalue weighted by atomic mass is 16.5. The van der Waals surface area contributed by atoms with Gasteiger partial charge >= 0.3 is 0 Å². The van der Waals surface area contributed by atoms with E-state index in [1.165, 1.54) is 0 Å². The molecule has 114 valence electrons. The maximum absolute atomic E-state index is 5.60. The number of hydrogen-bond acceptors (Lipinski definition) is 5. The molecule has 0 aliphatic carbocycles. The lowest BCUT2D eigenvalue weighted by Crippen LogP contribution is -2.32. The van der Waals surface area contributed by atoms with E-state index in [4.69, 9.17) is 9.26 Å². The number of ether oxygens (including phenoxy) is 1. The van der Waals surface area contributed by atoms with Crippen molar-refractivity contribution in [1.82, 2.24) is 15.5 Å². The normalized spacial score (nSPS) is 20.7. The fourth-order valence-corrected chi connectivity index (χ4v) is 2.77. The van der Waals surface area contributed by atoms with Crippen molar-refractivity contribution in [2.45, 2.75) is 65.0 Å². The van der Waals surface area contributed by atoms with Crippen molar-refractivity contribution in [2.75, 3.05) is 13.2 Å². The van der Waals surface area contributed by atoms with Gasteiger partial charge in [0.05, 0.1) is 6.10 Å². The molecule has 1 aromatic rings. The Hall–Kier alpha value is -0.940. The van der Waals surface area contributed by atoms with Gasteiger partial charge in [-0.15, -0.1) is 0 Å². The number of likely N-dealkylation sites (N-methyl/N-ethyl adjacent to an activating group) is 1. The molecule has 2 rings (SSSR count). The maximum atomic E-state index is 5.60. The standard InChI is InChI=1S/C15H27N3O2/c1-4-16-12(8-11(2)3)9-15-17-14(18-20-15)10-13-6-5-7-19-13/h11-13,16H,4-10H2,1-3H3. The molecule has 0 radical (unpaired) electrons. The molecule has 2 unspecified atom stereocenters. The second-order valence-electron chi connectivity index (χ2n) is 6.03. The first-order chi connectivity index (χ1) is 9.67. The Morgan fingerprint density at radius 3 is 2.90 bits per heavy atom. The zero-order valence-corrected chi connectivity index (χ0v) is 12.9. The van der Waals surface area contributed by atoms with Crippen LogP contribution in [0.25, 0.3) is 0 Å². The first-order valence-electron chi connectivity index (χ1n) is 7.83. The van der Waals surface area contributed by atoms with Crippen molar-refractivity contribution in [1.29, 1.82) is 0 Å². The van der Waals surface area contributed by atoms with Gasteiger partial charge in [0.1, 0.15) is 0 Å². The minimum Gasteiger partial charge on any atom is -0.378 e. The lowest BCUT2D eigenvalue weighted by molar-refractivity contribution is 0.109. The molecule has 2 heterocycles. The summed E-state index contributed by atoms with van der Waals surface area (Å²) < 4.78 is 11.0. The summed E-state index contributed by atoms with van der Waals surface area (Å²) in [6, 6.07) is 0.413. The van der Waals surface area contributed by atoms with E-state index in [2.05, 4.69) is 36.2 Å². The number of aromatic nitrogens is 2. The summed E-state index contributed by atoms with van der Waals surface area (Å²) in [7, 11) is 0. The molecule has 1 aliphatic rings. The van der Waals surface area contributed by atoms with Crippen LogP contribution in [-0.4, -0.2) is 35.4 Å². The molecule has 0 amide bonds. The van der Waals surface area contributed by atoms with Crippen LogP contribution in [-0.2, 0) is 17.6 Å². The third kappa shape index (κ3) is 4.87. The molecule has 0 spiro atoms. The van der Waals surface area contributed by atoms with E-state index in [9.17, 15) is 0 Å². The van der Waals surface area contributed by atoms with Crippen molar-refractivity contribution in [3.63, 3.8) is 0 Å². The minimum atomic E-state index is 0.278. The van der Waals surface area contributed by atoms with Crippen molar-refractivity contribution in [3.8, 4) is 0 Å². The van der Waals surface area contributed by atoms with E-state index < -0.39 is 0 Å². The molecule has 1 aromatic heterocycles. The van der Waals surface area contributed by atoms with Gasteiger partial charge in [-0.05, 0) is 31.7 Å². The first kappa shape index (κ1) is 15.4. The smallest absolute Gasteiger partial charge is 0.228 e. The van der Waals surface area contributed by atoms with Crippen LogP contribution in [0.15, 0.2) is 4.52 Å². The number of hydrogen-bond donors (Lipinski definition) is 1. The monoisotopic (exact) mass is 281 g/mol. The van der Waals surface area contributed by atoms with E-state index in [-0.39, 0.29) is 6.10 Å². The number of nitrogens with zero attached hydrogens (tertiary/aromatic N) is 2. The van der Waals surface area contributed by atoms with Crippen molar-refractivity contribution >= 4 is 0 Å². The van der Waals surface area contributed by atoms with Crippen LogP contribution in [0, 0.1) is 5.92 Å². The fourth-order valence-electron chi connectivity index (χ4n) is 2.77. The third-order valence-electron chi connectivity index (χ3n) is 3.61. The van der Waals surface area contributed by atoms with E-state index in [0.29, 0.717) is 12.0 Å². The summed E-state index contributed by atoms with van der Waals surface area (Å²) in [4.78, 5) is 4.51. The lowest BCUT2D eigenvalue weighted by atomic mass is 10.0. The molecule has 0 saturated carbocycles. The molecule has 1 N–H and O–H groups in total. The van der Waals surface area contributed by atoms with Gasteiger partial charge in [0.25, 0.3) is 0 Å². The average Bonchev–Trinajstić information content (AvgIpc) is 3.01. The Kier molecular flexibility index (Phi) is 5.98. The van der Waals surface area contributed by atoms with Crippen LogP contribution in [0.5, 0.6) is 0 Å². The predicted molar refractivity (Wildman–Crippen MR) is 77.6 cm³/mol. The van der Waals surface area contributed by atoms with Gasteiger partial charge in [-0.25, -0.2) is 0 Å². The van der Waals surface area contributed by atoms with Gasteiger partial charge in [-0.2, -0.15) is 4.98 Å². The summed E-state index contributed by atoms with van der Waals surface area (Å²) in [6.45, 7) is 8.44. The first-order valence-corrected chi connectivity index (χ1v) is 7.83. The van der Waals surface area contributed by atoms with Crippen LogP contribution in [0.2, 0.25) is 0 Å². The molecule has 20 heavy (non-hydrogen) atoms. The van der Waals surface area contributed by atoms with Gasteiger partial charge in [0.15, 0.2) is 5.82 Å². The van der Waals surface area contributed by atoms with E-state index in [0.717, 1.165) is 57.0 Å². The van der Waals surface area contributed by atoms with E-state index in [1.54, 1.807) is 0 Å². The van der Waals surface area contributed by atoms with Crippen LogP contribution in [0.3, 0.4) is 0 Å². The fraction of sp³-hybridized carbons (Fsp3) is 0.867. The van der Waals surface area contributed by atoms with Crippen molar-refractivity contribution < 1.29 is 9.26 Å². The average molecular weight is 281 g/mol. The molecule has 1 fully saturated rings. The van der Waals surface area contributed by atoms with E-state index >= 15 is 0 Å². The van der Waals surface area contributed by atoms with Gasteiger partial charge < -0.3 is 14.6 Å². The zero-order chi connectivity index (χ0) is 14.4. The van der Waals surface area contributed by atoms with Crippen LogP contribution in [0.4, 0.5) is 0 Å². The predicted octanol–water partition coefficient (Wildman–Crippen LogP) is 2.36. The lowest BCUT2D eigenvalue weighted by Gasteiger charge is -2.17. The highest BCUT2D eigenvalue weighted by Gasteiger charge is 2.20. The Morgan fingerprint density at radius 2 is 2.25 bits per heavy atom. The van der Waals surface area contributed by atoms with Crippen LogP contribution < -0.4 is 5.32 Å². The Bertz CT molecular complexity index is 386. The Labute approximate surface area is 121 Å². The molecule has 2 atom stereocenters. The highest BCUT2D eigenvalue weighted by Crippen LogP contribution is 2.16. The van der Waals surface area contributed by atoms with Crippen LogP contribution in [0.1, 0.15) is 51.7 Å². The molecule has 5 nitrogen and oxygen atoms in total. The maximum Gasteiger partial charge on any atom is 0.228 e. The van der Waals surface area contributed by atoms with Gasteiger partial charge in [0.2, 0.25) is 5.89 Å². The molecular formula is C15H27N3O2. The number of rotatable bonds is 8.